The van der Waals surface area contributed by atoms with Gasteiger partial charge in [-0.2, -0.15) is 0 Å². The lowest BCUT2D eigenvalue weighted by atomic mass is 10.1. The van der Waals surface area contributed by atoms with E-state index in [4.69, 9.17) is 4.74 Å². The normalized spacial score (nSPS) is 26.6. The van der Waals surface area contributed by atoms with Gasteiger partial charge in [-0.05, 0) is 26.7 Å². The van der Waals surface area contributed by atoms with Crippen LogP contribution in [0.15, 0.2) is 0 Å². The molecule has 1 saturated heterocycles. The van der Waals surface area contributed by atoms with Crippen molar-refractivity contribution in [1.82, 2.24) is 4.90 Å². The van der Waals surface area contributed by atoms with Crippen molar-refractivity contribution in [2.24, 2.45) is 0 Å². The molecule has 0 aromatic rings. The minimum Gasteiger partial charge on any atom is -0.356 e. The summed E-state index contributed by atoms with van der Waals surface area (Å²) in [6.45, 7) is 11.3. The first kappa shape index (κ1) is 19.0. The van der Waals surface area contributed by atoms with Crippen molar-refractivity contribution in [2.75, 3.05) is 13.1 Å². The molecule has 1 fully saturated rings. The van der Waals surface area contributed by atoms with Gasteiger partial charge in [0.15, 0.2) is 0 Å². The fourth-order valence-corrected chi connectivity index (χ4v) is 3.47. The summed E-state index contributed by atoms with van der Waals surface area (Å²) in [5, 5.41) is 0. The average molecular weight is 298 g/mol. The van der Waals surface area contributed by atoms with Crippen LogP contribution in [0.4, 0.5) is 0 Å². The molecular weight excluding hydrogens is 258 g/mol. The summed E-state index contributed by atoms with van der Waals surface area (Å²) in [6, 6.07) is 0. The van der Waals surface area contributed by atoms with Crippen molar-refractivity contribution < 1.29 is 4.74 Å². The van der Waals surface area contributed by atoms with E-state index in [9.17, 15) is 0 Å². The van der Waals surface area contributed by atoms with Crippen molar-refractivity contribution in [1.29, 1.82) is 0 Å². The van der Waals surface area contributed by atoms with E-state index in [1.165, 1.54) is 70.8 Å². The second kappa shape index (κ2) is 10.6. The zero-order chi connectivity index (χ0) is 15.6. The maximum atomic E-state index is 6.08. The van der Waals surface area contributed by atoms with E-state index >= 15 is 0 Å². The number of nitrogens with zero attached hydrogens (tertiary/aromatic N) is 1. The second-order valence-corrected chi connectivity index (χ2v) is 7.09. The van der Waals surface area contributed by atoms with Crippen LogP contribution >= 0.6 is 0 Å². The van der Waals surface area contributed by atoms with Gasteiger partial charge in [0.25, 0.3) is 0 Å². The molecule has 1 heterocycles. The van der Waals surface area contributed by atoms with Gasteiger partial charge in [0.05, 0.1) is 6.10 Å². The van der Waals surface area contributed by atoms with E-state index in [1.54, 1.807) is 0 Å². The molecule has 2 heteroatoms. The van der Waals surface area contributed by atoms with E-state index in [0.29, 0.717) is 6.10 Å². The Labute approximate surface area is 133 Å². The lowest BCUT2D eigenvalue weighted by Gasteiger charge is -2.32. The van der Waals surface area contributed by atoms with Crippen molar-refractivity contribution in [3.8, 4) is 0 Å². The van der Waals surface area contributed by atoms with Gasteiger partial charge in [-0.1, -0.05) is 71.6 Å². The molecule has 2 nitrogen and oxygen atoms in total. The first-order chi connectivity index (χ1) is 10.1. The van der Waals surface area contributed by atoms with Gasteiger partial charge in [-0.3, -0.25) is 4.90 Å². The maximum absolute atomic E-state index is 6.08. The predicted octanol–water partition coefficient (Wildman–Crippen LogP) is 5.75. The second-order valence-electron chi connectivity index (χ2n) is 7.09. The molecule has 0 aromatic heterocycles. The van der Waals surface area contributed by atoms with E-state index in [0.717, 1.165) is 13.0 Å². The molecule has 2 unspecified atom stereocenters. The van der Waals surface area contributed by atoms with Crippen LogP contribution in [0, 0.1) is 0 Å². The SMILES string of the molecule is CCCCCCCCCCCCN1CC(C)OC1(C)CC. The number of rotatable bonds is 12. The van der Waals surface area contributed by atoms with E-state index < -0.39 is 0 Å². The Balaban J connectivity index is 1.97. The van der Waals surface area contributed by atoms with Gasteiger partial charge in [-0.15, -0.1) is 0 Å². The molecule has 0 radical (unpaired) electrons. The Morgan fingerprint density at radius 2 is 1.43 bits per heavy atom. The highest BCUT2D eigenvalue weighted by Crippen LogP contribution is 2.30. The van der Waals surface area contributed by atoms with E-state index in [2.05, 4.69) is 32.6 Å². The summed E-state index contributed by atoms with van der Waals surface area (Å²) in [7, 11) is 0. The predicted molar refractivity (Wildman–Crippen MR) is 92.7 cm³/mol. The number of hydrogen-bond acceptors (Lipinski definition) is 2. The van der Waals surface area contributed by atoms with Crippen LogP contribution in [0.2, 0.25) is 0 Å². The Morgan fingerprint density at radius 1 is 0.905 bits per heavy atom. The average Bonchev–Trinajstić information content (AvgIpc) is 2.76. The molecule has 0 bridgehead atoms. The lowest BCUT2D eigenvalue weighted by molar-refractivity contribution is -0.0886. The Bertz CT molecular complexity index is 256. The molecule has 2 atom stereocenters. The van der Waals surface area contributed by atoms with Crippen molar-refractivity contribution in [3.63, 3.8) is 0 Å². The van der Waals surface area contributed by atoms with Crippen LogP contribution in [0.25, 0.3) is 0 Å². The Kier molecular flexibility index (Phi) is 9.59. The standard InChI is InChI=1S/C19H39NO/c1-5-7-8-9-10-11-12-13-14-15-16-20-17-18(3)21-19(20,4)6-2/h18H,5-17H2,1-4H3. The van der Waals surface area contributed by atoms with Crippen molar-refractivity contribution in [2.45, 2.75) is 110 Å². The summed E-state index contributed by atoms with van der Waals surface area (Å²) in [5.41, 5.74) is -0.00130. The van der Waals surface area contributed by atoms with Crippen LogP contribution in [0.3, 0.4) is 0 Å². The quantitative estimate of drug-likeness (QED) is 0.425. The smallest absolute Gasteiger partial charge is 0.119 e. The summed E-state index contributed by atoms with van der Waals surface area (Å²) >= 11 is 0. The summed E-state index contributed by atoms with van der Waals surface area (Å²) in [4.78, 5) is 2.56. The molecule has 1 aliphatic heterocycles. The van der Waals surface area contributed by atoms with Gasteiger partial charge in [0, 0.05) is 13.1 Å². The third-order valence-corrected chi connectivity index (χ3v) is 5.04. The molecule has 0 aromatic carbocycles. The topological polar surface area (TPSA) is 12.5 Å². The molecule has 1 rings (SSSR count). The van der Waals surface area contributed by atoms with Gasteiger partial charge in [-0.25, -0.2) is 0 Å². The molecule has 0 N–H and O–H groups in total. The number of ether oxygens (including phenoxy) is 1. The molecule has 1 aliphatic rings. The molecule has 0 aliphatic carbocycles. The zero-order valence-corrected chi connectivity index (χ0v) is 15.1. The van der Waals surface area contributed by atoms with Gasteiger partial charge < -0.3 is 4.74 Å². The largest absolute Gasteiger partial charge is 0.356 e. The monoisotopic (exact) mass is 297 g/mol. The summed E-state index contributed by atoms with van der Waals surface area (Å²) in [6.07, 6.45) is 15.6. The van der Waals surface area contributed by atoms with Crippen LogP contribution in [0.5, 0.6) is 0 Å². The fourth-order valence-electron chi connectivity index (χ4n) is 3.47. The molecular formula is C19H39NO. The van der Waals surface area contributed by atoms with Crippen LogP contribution in [-0.2, 0) is 4.74 Å². The molecule has 0 spiro atoms. The van der Waals surface area contributed by atoms with Crippen molar-refractivity contribution >= 4 is 0 Å². The minimum atomic E-state index is -0.00130. The van der Waals surface area contributed by atoms with Crippen molar-refractivity contribution in [3.05, 3.63) is 0 Å². The lowest BCUT2D eigenvalue weighted by Crippen LogP contribution is -2.42. The molecule has 0 saturated carbocycles. The zero-order valence-electron chi connectivity index (χ0n) is 15.1. The summed E-state index contributed by atoms with van der Waals surface area (Å²) < 4.78 is 6.08. The van der Waals surface area contributed by atoms with Gasteiger partial charge in [0.1, 0.15) is 5.72 Å². The molecule has 0 amide bonds. The molecule has 126 valence electrons. The molecule has 21 heavy (non-hydrogen) atoms. The van der Waals surface area contributed by atoms with E-state index in [1.807, 2.05) is 0 Å². The minimum absolute atomic E-state index is 0.00130. The Morgan fingerprint density at radius 3 is 1.95 bits per heavy atom. The highest BCUT2D eigenvalue weighted by atomic mass is 16.5. The first-order valence-electron chi connectivity index (χ1n) is 9.55. The highest BCUT2D eigenvalue weighted by molar-refractivity contribution is 4.84. The number of hydrogen-bond donors (Lipinski definition) is 0. The van der Waals surface area contributed by atoms with Crippen LogP contribution in [-0.4, -0.2) is 29.8 Å². The fraction of sp³-hybridized carbons (Fsp3) is 1.00. The van der Waals surface area contributed by atoms with Crippen LogP contribution in [0.1, 0.15) is 98.3 Å². The van der Waals surface area contributed by atoms with Gasteiger partial charge in [0.2, 0.25) is 0 Å². The third-order valence-electron chi connectivity index (χ3n) is 5.04. The highest BCUT2D eigenvalue weighted by Gasteiger charge is 2.39. The van der Waals surface area contributed by atoms with E-state index in [-0.39, 0.29) is 5.72 Å². The van der Waals surface area contributed by atoms with Gasteiger partial charge >= 0.3 is 0 Å². The summed E-state index contributed by atoms with van der Waals surface area (Å²) in [5.74, 6) is 0. The number of unbranched alkanes of at least 4 members (excludes halogenated alkanes) is 9. The van der Waals surface area contributed by atoms with Crippen LogP contribution < -0.4 is 0 Å². The Hall–Kier alpha value is -0.0800. The third kappa shape index (κ3) is 7.15. The maximum Gasteiger partial charge on any atom is 0.119 e. The first-order valence-corrected chi connectivity index (χ1v) is 9.55.